The highest BCUT2D eigenvalue weighted by Crippen LogP contribution is 2.50. The van der Waals surface area contributed by atoms with Crippen LogP contribution in [0.3, 0.4) is 0 Å². The molecular weight excluding hydrogens is 627 g/mol. The van der Waals surface area contributed by atoms with Crippen LogP contribution in [-0.2, 0) is 16.1 Å². The van der Waals surface area contributed by atoms with E-state index in [0.29, 0.717) is 33.7 Å². The van der Waals surface area contributed by atoms with Crippen molar-refractivity contribution in [2.45, 2.75) is 11.8 Å². The molecule has 4 aromatic carbocycles. The minimum atomic E-state index is -0.375. The van der Waals surface area contributed by atoms with Crippen molar-refractivity contribution in [1.29, 1.82) is 0 Å². The SMILES string of the molecule is COc1ccc(-n2nc(-c3ccc(Cl)cc3)c3c2N(CC(=O)NCc2ccc(F)cc2)C(=O)CS[C@H]3c2ccccc2OC)cc1. The third-order valence-electron chi connectivity index (χ3n) is 7.65. The van der Waals surface area contributed by atoms with Gasteiger partial charge in [-0.25, -0.2) is 9.07 Å². The first-order valence-corrected chi connectivity index (χ1v) is 15.9. The van der Waals surface area contributed by atoms with Crippen LogP contribution in [0.15, 0.2) is 97.1 Å². The molecule has 234 valence electrons. The molecule has 8 nitrogen and oxygen atoms in total. The number of carbonyl (C=O) groups is 2. The topological polar surface area (TPSA) is 85.7 Å². The number of aromatic nitrogens is 2. The van der Waals surface area contributed by atoms with Crippen molar-refractivity contribution >= 4 is 41.0 Å². The highest BCUT2D eigenvalue weighted by molar-refractivity contribution is 8.00. The lowest BCUT2D eigenvalue weighted by atomic mass is 9.99. The summed E-state index contributed by atoms with van der Waals surface area (Å²) >= 11 is 7.72. The summed E-state index contributed by atoms with van der Waals surface area (Å²) in [7, 11) is 3.21. The van der Waals surface area contributed by atoms with E-state index in [1.54, 1.807) is 43.2 Å². The molecule has 0 spiro atoms. The molecule has 1 aliphatic heterocycles. The average molecular weight is 657 g/mol. The molecule has 2 amide bonds. The van der Waals surface area contributed by atoms with Gasteiger partial charge in [0, 0.05) is 28.3 Å². The van der Waals surface area contributed by atoms with Gasteiger partial charge in [0.2, 0.25) is 11.8 Å². The minimum Gasteiger partial charge on any atom is -0.497 e. The van der Waals surface area contributed by atoms with Crippen LogP contribution in [0.1, 0.15) is 21.9 Å². The first-order valence-electron chi connectivity index (χ1n) is 14.5. The number of hydrogen-bond acceptors (Lipinski definition) is 6. The van der Waals surface area contributed by atoms with E-state index in [0.717, 1.165) is 22.3 Å². The van der Waals surface area contributed by atoms with Crippen LogP contribution in [0.4, 0.5) is 10.2 Å². The van der Waals surface area contributed by atoms with E-state index in [1.807, 2.05) is 60.7 Å². The standard InChI is InChI=1S/C35H30ClFN4O4S/c1-44-27-17-15-26(16-18-27)41-35-32(33(39-41)23-9-11-24(36)12-10-23)34(28-5-3-4-6-29(28)45-2)46-21-31(43)40(35)20-30(42)38-19-22-7-13-25(37)14-8-22/h3-18,34H,19-21H2,1-2H3,(H,38,42)/t34-/m0/s1. The fraction of sp³-hybridized carbons (Fsp3) is 0.171. The molecule has 6 rings (SSSR count). The zero-order chi connectivity index (χ0) is 32.2. The van der Waals surface area contributed by atoms with Crippen LogP contribution < -0.4 is 19.7 Å². The van der Waals surface area contributed by atoms with Crippen LogP contribution in [0, 0.1) is 5.82 Å². The van der Waals surface area contributed by atoms with Crippen molar-refractivity contribution < 1.29 is 23.5 Å². The maximum atomic E-state index is 14.0. The number of ether oxygens (including phenoxy) is 2. The lowest BCUT2D eigenvalue weighted by molar-refractivity contribution is -0.123. The van der Waals surface area contributed by atoms with Crippen molar-refractivity contribution in [3.8, 4) is 28.4 Å². The molecular formula is C35H30ClFN4O4S. The maximum absolute atomic E-state index is 14.0. The molecule has 0 fully saturated rings. The number of halogens is 2. The number of hydrogen-bond donors (Lipinski definition) is 1. The van der Waals surface area contributed by atoms with E-state index in [-0.39, 0.29) is 41.7 Å². The van der Waals surface area contributed by atoms with E-state index in [9.17, 15) is 14.0 Å². The molecule has 11 heteroatoms. The van der Waals surface area contributed by atoms with Gasteiger partial charge in [0.25, 0.3) is 0 Å². The molecule has 1 aliphatic rings. The van der Waals surface area contributed by atoms with E-state index in [1.165, 1.54) is 28.8 Å². The monoisotopic (exact) mass is 656 g/mol. The van der Waals surface area contributed by atoms with Crippen molar-refractivity contribution in [3.05, 3.63) is 125 Å². The Hall–Kier alpha value is -4.80. The quantitative estimate of drug-likeness (QED) is 0.187. The number of fused-ring (bicyclic) bond motifs is 1. The Morgan fingerprint density at radius 3 is 2.39 bits per heavy atom. The summed E-state index contributed by atoms with van der Waals surface area (Å²) in [6.45, 7) is -0.0749. The summed E-state index contributed by atoms with van der Waals surface area (Å²) in [6.07, 6.45) is 0. The lowest BCUT2D eigenvalue weighted by Gasteiger charge is -2.23. The Balaban J connectivity index is 1.52. The highest BCUT2D eigenvalue weighted by Gasteiger charge is 2.38. The third kappa shape index (κ3) is 6.45. The van der Waals surface area contributed by atoms with E-state index in [4.69, 9.17) is 26.2 Å². The van der Waals surface area contributed by atoms with Gasteiger partial charge in [0.05, 0.1) is 36.6 Å². The van der Waals surface area contributed by atoms with Gasteiger partial charge in [-0.15, -0.1) is 11.8 Å². The number of anilines is 1. The fourth-order valence-electron chi connectivity index (χ4n) is 5.37. The van der Waals surface area contributed by atoms with Crippen LogP contribution in [0.5, 0.6) is 11.5 Å². The number of para-hydroxylation sites is 1. The molecule has 0 unspecified atom stereocenters. The summed E-state index contributed by atoms with van der Waals surface area (Å²) in [5, 5.41) is 8.18. The minimum absolute atomic E-state index is 0.102. The maximum Gasteiger partial charge on any atom is 0.240 e. The molecule has 2 heterocycles. The third-order valence-corrected chi connectivity index (χ3v) is 9.14. The largest absolute Gasteiger partial charge is 0.497 e. The van der Waals surface area contributed by atoms with E-state index in [2.05, 4.69) is 5.32 Å². The number of methoxy groups -OCH3 is 2. The molecule has 1 atom stereocenters. The molecule has 0 saturated carbocycles. The zero-order valence-corrected chi connectivity index (χ0v) is 26.6. The second kappa shape index (κ2) is 13.7. The second-order valence-electron chi connectivity index (χ2n) is 10.5. The summed E-state index contributed by atoms with van der Waals surface area (Å²) < 4.78 is 26.3. The number of rotatable bonds is 9. The van der Waals surface area contributed by atoms with Crippen molar-refractivity contribution in [2.24, 2.45) is 0 Å². The molecule has 0 bridgehead atoms. The van der Waals surface area contributed by atoms with Gasteiger partial charge in [-0.1, -0.05) is 54.1 Å². The molecule has 1 N–H and O–H groups in total. The van der Waals surface area contributed by atoms with Crippen molar-refractivity contribution in [1.82, 2.24) is 15.1 Å². The normalized spacial score (nSPS) is 14.4. The summed E-state index contributed by atoms with van der Waals surface area (Å²) in [6, 6.07) is 28.3. The molecule has 0 aliphatic carbocycles. The van der Waals surface area contributed by atoms with Gasteiger partial charge in [0.1, 0.15) is 29.7 Å². The van der Waals surface area contributed by atoms with E-state index >= 15 is 0 Å². The van der Waals surface area contributed by atoms with Gasteiger partial charge >= 0.3 is 0 Å². The Morgan fingerprint density at radius 1 is 0.978 bits per heavy atom. The number of amides is 2. The smallest absolute Gasteiger partial charge is 0.240 e. The molecule has 0 saturated heterocycles. The number of nitrogens with zero attached hydrogens (tertiary/aromatic N) is 3. The Kier molecular flexibility index (Phi) is 9.28. The fourth-order valence-corrected chi connectivity index (χ4v) is 6.72. The average Bonchev–Trinajstić information content (AvgIpc) is 3.41. The van der Waals surface area contributed by atoms with Crippen molar-refractivity contribution in [3.63, 3.8) is 0 Å². The van der Waals surface area contributed by atoms with Gasteiger partial charge in [-0.2, -0.15) is 5.10 Å². The van der Waals surface area contributed by atoms with Gasteiger partial charge in [-0.3, -0.25) is 14.5 Å². The van der Waals surface area contributed by atoms with Gasteiger partial charge in [-0.05, 0) is 60.2 Å². The first kappa shape index (κ1) is 31.2. The van der Waals surface area contributed by atoms with Crippen molar-refractivity contribution in [2.75, 3.05) is 31.4 Å². The zero-order valence-electron chi connectivity index (χ0n) is 25.1. The van der Waals surface area contributed by atoms with Crippen LogP contribution >= 0.6 is 23.4 Å². The summed E-state index contributed by atoms with van der Waals surface area (Å²) in [4.78, 5) is 28.9. The summed E-state index contributed by atoms with van der Waals surface area (Å²) in [5.41, 5.74) is 4.46. The Bertz CT molecular complexity index is 1860. The van der Waals surface area contributed by atoms with Gasteiger partial charge < -0.3 is 14.8 Å². The van der Waals surface area contributed by atoms with Gasteiger partial charge in [0.15, 0.2) is 0 Å². The first-order chi connectivity index (χ1) is 22.4. The number of carbonyl (C=O) groups excluding carboxylic acids is 2. The predicted molar refractivity (Wildman–Crippen MR) is 178 cm³/mol. The van der Waals surface area contributed by atoms with Crippen LogP contribution in [0.2, 0.25) is 5.02 Å². The van der Waals surface area contributed by atoms with E-state index < -0.39 is 0 Å². The molecule has 46 heavy (non-hydrogen) atoms. The number of benzene rings is 4. The second-order valence-corrected chi connectivity index (χ2v) is 12.0. The molecule has 5 aromatic rings. The predicted octanol–water partition coefficient (Wildman–Crippen LogP) is 6.83. The summed E-state index contributed by atoms with van der Waals surface area (Å²) in [5.74, 6) is 0.920. The number of nitrogens with one attached hydrogen (secondary N) is 1. The molecule has 0 radical (unpaired) electrons. The lowest BCUT2D eigenvalue weighted by Crippen LogP contribution is -2.42. The number of thioether (sulfide) groups is 1. The Labute approximate surface area is 275 Å². The van der Waals surface area contributed by atoms with Crippen LogP contribution in [-0.4, -0.2) is 48.1 Å². The Morgan fingerprint density at radius 2 is 1.70 bits per heavy atom. The van der Waals surface area contributed by atoms with Crippen LogP contribution in [0.25, 0.3) is 16.9 Å². The highest BCUT2D eigenvalue weighted by atomic mass is 35.5. The molecule has 1 aromatic heterocycles.